The minimum Gasteiger partial charge on any atom is -0.377 e. The summed E-state index contributed by atoms with van der Waals surface area (Å²) in [5.41, 5.74) is 1.50. The Bertz CT molecular complexity index is 762. The number of carbonyl (C=O) groups excluding carboxylic acids is 1. The van der Waals surface area contributed by atoms with Gasteiger partial charge in [0, 0.05) is 13.0 Å². The second-order valence-corrected chi connectivity index (χ2v) is 6.63. The van der Waals surface area contributed by atoms with Gasteiger partial charge >= 0.3 is 0 Å². The zero-order valence-corrected chi connectivity index (χ0v) is 13.8. The van der Waals surface area contributed by atoms with Gasteiger partial charge in [-0.15, -0.1) is 0 Å². The molecule has 2 rings (SSSR count). The standard InChI is InChI=1S/C16H19N3O4S/c17-24(21,22)16-9-8-14(11-18-16)19-15(20)7-4-10-23-12-13-5-2-1-3-6-13/h1-3,5-6,8-9,11H,4,7,10,12H2,(H,19,20)(H2,17,21,22). The molecule has 0 spiro atoms. The van der Waals surface area contributed by atoms with E-state index in [1.54, 1.807) is 0 Å². The van der Waals surface area contributed by atoms with Crippen LogP contribution in [0.25, 0.3) is 0 Å². The summed E-state index contributed by atoms with van der Waals surface area (Å²) >= 11 is 0. The van der Waals surface area contributed by atoms with E-state index in [1.807, 2.05) is 30.3 Å². The molecule has 0 unspecified atom stereocenters. The van der Waals surface area contributed by atoms with Gasteiger partial charge in [0.05, 0.1) is 18.5 Å². The molecule has 1 heterocycles. The molecule has 0 atom stereocenters. The number of amides is 1. The van der Waals surface area contributed by atoms with Crippen LogP contribution in [0, 0.1) is 0 Å². The highest BCUT2D eigenvalue weighted by molar-refractivity contribution is 7.89. The Kier molecular flexibility index (Phi) is 6.42. The third-order valence-electron chi connectivity index (χ3n) is 3.12. The first-order valence-electron chi connectivity index (χ1n) is 7.35. The Morgan fingerprint density at radius 1 is 1.17 bits per heavy atom. The van der Waals surface area contributed by atoms with E-state index < -0.39 is 10.0 Å². The van der Waals surface area contributed by atoms with Gasteiger partial charge in [-0.05, 0) is 24.1 Å². The molecule has 0 saturated carbocycles. The van der Waals surface area contributed by atoms with Crippen LogP contribution in [0.3, 0.4) is 0 Å². The molecule has 7 nitrogen and oxygen atoms in total. The Hall–Kier alpha value is -2.29. The molecule has 0 bridgehead atoms. The van der Waals surface area contributed by atoms with Crippen LogP contribution in [0.2, 0.25) is 0 Å². The Morgan fingerprint density at radius 2 is 1.92 bits per heavy atom. The van der Waals surface area contributed by atoms with Crippen molar-refractivity contribution in [1.29, 1.82) is 0 Å². The molecular formula is C16H19N3O4S. The monoisotopic (exact) mass is 349 g/mol. The largest absolute Gasteiger partial charge is 0.377 e. The van der Waals surface area contributed by atoms with Crippen LogP contribution in [0.15, 0.2) is 53.7 Å². The topological polar surface area (TPSA) is 111 Å². The number of hydrogen-bond acceptors (Lipinski definition) is 5. The van der Waals surface area contributed by atoms with Gasteiger partial charge in [0.25, 0.3) is 10.0 Å². The van der Waals surface area contributed by atoms with E-state index in [0.717, 1.165) is 5.56 Å². The van der Waals surface area contributed by atoms with Gasteiger partial charge in [-0.3, -0.25) is 4.79 Å². The van der Waals surface area contributed by atoms with Gasteiger partial charge in [-0.2, -0.15) is 0 Å². The number of nitrogens with one attached hydrogen (secondary N) is 1. The molecule has 2 aromatic rings. The molecule has 1 aromatic carbocycles. The van der Waals surface area contributed by atoms with E-state index in [0.29, 0.717) is 31.7 Å². The van der Waals surface area contributed by atoms with Crippen molar-refractivity contribution in [1.82, 2.24) is 4.98 Å². The zero-order chi connectivity index (χ0) is 17.4. The van der Waals surface area contributed by atoms with Crippen molar-refractivity contribution in [3.8, 4) is 0 Å². The predicted octanol–water partition coefficient (Wildman–Crippen LogP) is 1.66. The molecule has 1 amide bonds. The number of ether oxygens (including phenoxy) is 1. The molecule has 0 fully saturated rings. The normalized spacial score (nSPS) is 11.2. The molecule has 1 aromatic heterocycles. The quantitative estimate of drug-likeness (QED) is 0.704. The lowest BCUT2D eigenvalue weighted by Crippen LogP contribution is -2.15. The molecule has 0 aliphatic carbocycles. The summed E-state index contributed by atoms with van der Waals surface area (Å²) in [5.74, 6) is -0.191. The number of anilines is 1. The molecule has 24 heavy (non-hydrogen) atoms. The minimum atomic E-state index is -3.83. The van der Waals surface area contributed by atoms with Crippen LogP contribution >= 0.6 is 0 Å². The maximum Gasteiger partial charge on any atom is 0.255 e. The number of rotatable bonds is 8. The third-order valence-corrected chi connectivity index (χ3v) is 3.94. The maximum absolute atomic E-state index is 11.8. The van der Waals surface area contributed by atoms with Crippen LogP contribution in [0.5, 0.6) is 0 Å². The fourth-order valence-corrected chi connectivity index (χ4v) is 2.40. The lowest BCUT2D eigenvalue weighted by atomic mass is 10.2. The summed E-state index contributed by atoms with van der Waals surface area (Å²) in [5, 5.41) is 7.35. The van der Waals surface area contributed by atoms with Gasteiger partial charge in [-0.1, -0.05) is 30.3 Å². The Labute approximate surface area is 140 Å². The van der Waals surface area contributed by atoms with Crippen molar-refractivity contribution < 1.29 is 17.9 Å². The van der Waals surface area contributed by atoms with Gasteiger partial charge in [0.1, 0.15) is 0 Å². The molecule has 128 valence electrons. The minimum absolute atomic E-state index is 0.191. The summed E-state index contributed by atoms with van der Waals surface area (Å²) in [4.78, 5) is 15.5. The van der Waals surface area contributed by atoms with Crippen LogP contribution in [0.4, 0.5) is 5.69 Å². The molecular weight excluding hydrogens is 330 g/mol. The maximum atomic E-state index is 11.8. The molecule has 8 heteroatoms. The molecule has 3 N–H and O–H groups in total. The van der Waals surface area contributed by atoms with Crippen LogP contribution in [-0.4, -0.2) is 25.9 Å². The zero-order valence-electron chi connectivity index (χ0n) is 13.0. The average Bonchev–Trinajstić information content (AvgIpc) is 2.55. The number of hydrogen-bond donors (Lipinski definition) is 2. The van der Waals surface area contributed by atoms with Gasteiger partial charge in [0.2, 0.25) is 5.91 Å². The number of carbonyl (C=O) groups is 1. The molecule has 0 aliphatic heterocycles. The molecule has 0 saturated heterocycles. The second-order valence-electron chi connectivity index (χ2n) is 5.12. The lowest BCUT2D eigenvalue weighted by Gasteiger charge is -2.06. The summed E-state index contributed by atoms with van der Waals surface area (Å²) in [7, 11) is -3.83. The van der Waals surface area contributed by atoms with Gasteiger partial charge < -0.3 is 10.1 Å². The van der Waals surface area contributed by atoms with Gasteiger partial charge in [0.15, 0.2) is 5.03 Å². The SMILES string of the molecule is NS(=O)(=O)c1ccc(NC(=O)CCCOCc2ccccc2)cn1. The first kappa shape index (κ1) is 18.1. The van der Waals surface area contributed by atoms with Crippen LogP contribution in [0.1, 0.15) is 18.4 Å². The third kappa shape index (κ3) is 6.07. The average molecular weight is 349 g/mol. The second kappa shape index (κ2) is 8.53. The first-order valence-corrected chi connectivity index (χ1v) is 8.90. The first-order chi connectivity index (χ1) is 11.4. The highest BCUT2D eigenvalue weighted by atomic mass is 32.2. The Balaban J connectivity index is 1.68. The van der Waals surface area contributed by atoms with E-state index in [-0.39, 0.29) is 10.9 Å². The van der Waals surface area contributed by atoms with E-state index in [1.165, 1.54) is 18.3 Å². The fourth-order valence-electron chi connectivity index (χ4n) is 1.95. The molecule has 0 radical (unpaired) electrons. The van der Waals surface area contributed by atoms with Gasteiger partial charge in [-0.25, -0.2) is 18.5 Å². The van der Waals surface area contributed by atoms with E-state index >= 15 is 0 Å². The van der Waals surface area contributed by atoms with E-state index in [2.05, 4.69) is 10.3 Å². The van der Waals surface area contributed by atoms with E-state index in [9.17, 15) is 13.2 Å². The summed E-state index contributed by atoms with van der Waals surface area (Å²) in [6, 6.07) is 12.5. The highest BCUT2D eigenvalue weighted by Gasteiger charge is 2.09. The fraction of sp³-hybridized carbons (Fsp3) is 0.250. The number of sulfonamides is 1. The summed E-state index contributed by atoms with van der Waals surface area (Å²) < 4.78 is 27.7. The Morgan fingerprint density at radius 3 is 2.54 bits per heavy atom. The number of benzene rings is 1. The molecule has 0 aliphatic rings. The van der Waals surface area contributed by atoms with Crippen molar-refractivity contribution in [3.05, 3.63) is 54.2 Å². The van der Waals surface area contributed by atoms with Crippen molar-refractivity contribution in [3.63, 3.8) is 0 Å². The van der Waals surface area contributed by atoms with Crippen molar-refractivity contribution >= 4 is 21.6 Å². The smallest absolute Gasteiger partial charge is 0.255 e. The van der Waals surface area contributed by atoms with Crippen LogP contribution < -0.4 is 10.5 Å². The predicted molar refractivity (Wildman–Crippen MR) is 89.6 cm³/mol. The number of aromatic nitrogens is 1. The lowest BCUT2D eigenvalue weighted by molar-refractivity contribution is -0.116. The highest BCUT2D eigenvalue weighted by Crippen LogP contribution is 2.10. The number of primary sulfonamides is 1. The summed E-state index contributed by atoms with van der Waals surface area (Å²) in [6.45, 7) is 0.992. The van der Waals surface area contributed by atoms with Crippen molar-refractivity contribution in [2.45, 2.75) is 24.5 Å². The van der Waals surface area contributed by atoms with Crippen molar-refractivity contribution in [2.75, 3.05) is 11.9 Å². The van der Waals surface area contributed by atoms with Crippen LogP contribution in [-0.2, 0) is 26.2 Å². The summed E-state index contributed by atoms with van der Waals surface area (Å²) in [6.07, 6.45) is 2.14. The number of nitrogens with zero attached hydrogens (tertiary/aromatic N) is 1. The number of pyridine rings is 1. The van der Waals surface area contributed by atoms with E-state index in [4.69, 9.17) is 9.88 Å². The number of nitrogens with two attached hydrogens (primary N) is 1. The van der Waals surface area contributed by atoms with Crippen molar-refractivity contribution in [2.24, 2.45) is 5.14 Å².